The van der Waals surface area contributed by atoms with Gasteiger partial charge >= 0.3 is 0 Å². The fourth-order valence-corrected chi connectivity index (χ4v) is 3.45. The Labute approximate surface area is 129 Å². The molecule has 1 atom stereocenters. The molecule has 4 heteroatoms. The van der Waals surface area contributed by atoms with Gasteiger partial charge in [-0.3, -0.25) is 4.90 Å². The summed E-state index contributed by atoms with van der Waals surface area (Å²) in [6, 6.07) is 5.01. The zero-order valence-electron chi connectivity index (χ0n) is 12.3. The lowest BCUT2D eigenvalue weighted by atomic mass is 9.87. The highest BCUT2D eigenvalue weighted by molar-refractivity contribution is 9.10. The van der Waals surface area contributed by atoms with Crippen LogP contribution in [0.3, 0.4) is 0 Å². The molecule has 1 saturated heterocycles. The largest absolute Gasteiger partial charge is 0.326 e. The molecule has 2 rings (SSSR count). The van der Waals surface area contributed by atoms with Gasteiger partial charge in [-0.2, -0.15) is 0 Å². The Morgan fingerprint density at radius 2 is 1.90 bits per heavy atom. The molecule has 0 amide bonds. The minimum atomic E-state index is -0.211. The van der Waals surface area contributed by atoms with Gasteiger partial charge in [-0.25, -0.2) is 4.39 Å². The summed E-state index contributed by atoms with van der Waals surface area (Å²) in [5.74, 6) is -0.211. The lowest BCUT2D eigenvalue weighted by Gasteiger charge is -2.44. The zero-order chi connectivity index (χ0) is 14.8. The fourth-order valence-electron chi connectivity index (χ4n) is 2.94. The molecule has 2 nitrogen and oxygen atoms in total. The predicted octanol–water partition coefficient (Wildman–Crippen LogP) is 3.72. The van der Waals surface area contributed by atoms with E-state index >= 15 is 0 Å². The lowest BCUT2D eigenvalue weighted by Crippen LogP contribution is -2.58. The van der Waals surface area contributed by atoms with Gasteiger partial charge in [0, 0.05) is 16.1 Å². The molecule has 1 fully saturated rings. The van der Waals surface area contributed by atoms with Crippen LogP contribution in [0.5, 0.6) is 0 Å². The maximum absolute atomic E-state index is 13.4. The molecule has 0 saturated carbocycles. The first-order chi connectivity index (χ1) is 9.39. The maximum atomic E-state index is 13.4. The Morgan fingerprint density at radius 1 is 1.25 bits per heavy atom. The van der Waals surface area contributed by atoms with Gasteiger partial charge in [0.15, 0.2) is 0 Å². The molecule has 20 heavy (non-hydrogen) atoms. The zero-order valence-corrected chi connectivity index (χ0v) is 13.9. The molecule has 0 radical (unpaired) electrons. The Morgan fingerprint density at radius 3 is 2.50 bits per heavy atom. The van der Waals surface area contributed by atoms with Crippen LogP contribution in [0.1, 0.15) is 38.7 Å². The van der Waals surface area contributed by atoms with Gasteiger partial charge < -0.3 is 5.73 Å². The number of halogens is 2. The Kier molecular flexibility index (Phi) is 5.21. The van der Waals surface area contributed by atoms with Crippen LogP contribution in [0.15, 0.2) is 22.7 Å². The van der Waals surface area contributed by atoms with Crippen LogP contribution < -0.4 is 5.73 Å². The summed E-state index contributed by atoms with van der Waals surface area (Å²) in [4.78, 5) is 2.48. The molecule has 1 aliphatic rings. The number of nitrogens with zero attached hydrogens (tertiary/aromatic N) is 1. The van der Waals surface area contributed by atoms with Crippen LogP contribution in [0.25, 0.3) is 0 Å². The summed E-state index contributed by atoms with van der Waals surface area (Å²) in [5, 5.41) is 0. The average Bonchev–Trinajstić information content (AvgIpc) is 2.38. The molecule has 0 spiro atoms. The Bertz CT molecular complexity index is 436. The summed E-state index contributed by atoms with van der Waals surface area (Å²) in [6.45, 7) is 6.65. The Hall–Kier alpha value is -0.450. The van der Waals surface area contributed by atoms with E-state index in [1.807, 2.05) is 6.07 Å². The van der Waals surface area contributed by atoms with Crippen molar-refractivity contribution in [3.63, 3.8) is 0 Å². The van der Waals surface area contributed by atoms with Crippen molar-refractivity contribution in [1.82, 2.24) is 4.90 Å². The van der Waals surface area contributed by atoms with Crippen molar-refractivity contribution in [1.29, 1.82) is 0 Å². The van der Waals surface area contributed by atoms with E-state index in [1.54, 1.807) is 6.07 Å². The van der Waals surface area contributed by atoms with Gasteiger partial charge in [0.25, 0.3) is 0 Å². The van der Waals surface area contributed by atoms with E-state index < -0.39 is 0 Å². The first kappa shape index (κ1) is 15.9. The van der Waals surface area contributed by atoms with E-state index in [-0.39, 0.29) is 17.4 Å². The van der Waals surface area contributed by atoms with Crippen molar-refractivity contribution in [3.05, 3.63) is 34.1 Å². The molecular weight excluding hydrogens is 319 g/mol. The van der Waals surface area contributed by atoms with Crippen LogP contribution >= 0.6 is 15.9 Å². The Balaban J connectivity index is 2.07. The van der Waals surface area contributed by atoms with Crippen molar-refractivity contribution in [3.8, 4) is 0 Å². The second-order valence-corrected chi connectivity index (χ2v) is 7.21. The van der Waals surface area contributed by atoms with E-state index in [1.165, 1.54) is 25.3 Å². The molecule has 1 heterocycles. The molecule has 0 aliphatic carbocycles. The number of likely N-dealkylation sites (tertiary alicyclic amines) is 1. The first-order valence-corrected chi connectivity index (χ1v) is 8.14. The standard InChI is InChI=1S/C16H24BrFN2/c1-16(2,20-6-4-3-5-7-20)15(19)10-12-8-13(17)11-14(18)9-12/h8-9,11,15H,3-7,10,19H2,1-2H3. The molecular formula is C16H24BrFN2. The van der Waals surface area contributed by atoms with E-state index in [4.69, 9.17) is 5.73 Å². The number of hydrogen-bond acceptors (Lipinski definition) is 2. The van der Waals surface area contributed by atoms with Crippen molar-refractivity contribution in [2.45, 2.75) is 51.1 Å². The van der Waals surface area contributed by atoms with E-state index in [0.717, 1.165) is 23.1 Å². The van der Waals surface area contributed by atoms with E-state index in [0.29, 0.717) is 6.42 Å². The third-order valence-electron chi connectivity index (χ3n) is 4.46. The van der Waals surface area contributed by atoms with E-state index in [9.17, 15) is 4.39 Å². The molecule has 2 N–H and O–H groups in total. The first-order valence-electron chi connectivity index (χ1n) is 7.35. The summed E-state index contributed by atoms with van der Waals surface area (Å²) < 4.78 is 14.2. The van der Waals surface area contributed by atoms with Gasteiger partial charge in [0.2, 0.25) is 0 Å². The van der Waals surface area contributed by atoms with Gasteiger partial charge in [-0.1, -0.05) is 22.4 Å². The number of nitrogens with two attached hydrogens (primary N) is 1. The van der Waals surface area contributed by atoms with Gasteiger partial charge in [0.05, 0.1) is 0 Å². The molecule has 1 aromatic carbocycles. The number of piperidine rings is 1. The highest BCUT2D eigenvalue weighted by Crippen LogP contribution is 2.25. The highest BCUT2D eigenvalue weighted by Gasteiger charge is 2.33. The second-order valence-electron chi connectivity index (χ2n) is 6.29. The monoisotopic (exact) mass is 342 g/mol. The number of hydrogen-bond donors (Lipinski definition) is 1. The molecule has 112 valence electrons. The average molecular weight is 343 g/mol. The quantitative estimate of drug-likeness (QED) is 0.903. The topological polar surface area (TPSA) is 29.3 Å². The highest BCUT2D eigenvalue weighted by atomic mass is 79.9. The fraction of sp³-hybridized carbons (Fsp3) is 0.625. The molecule has 1 unspecified atom stereocenters. The third-order valence-corrected chi connectivity index (χ3v) is 4.91. The van der Waals surface area contributed by atoms with Crippen LogP contribution in [0.4, 0.5) is 4.39 Å². The number of rotatable bonds is 4. The number of benzene rings is 1. The van der Waals surface area contributed by atoms with Crippen LogP contribution in [0.2, 0.25) is 0 Å². The summed E-state index contributed by atoms with van der Waals surface area (Å²) in [7, 11) is 0. The van der Waals surface area contributed by atoms with Crippen LogP contribution in [0, 0.1) is 5.82 Å². The lowest BCUT2D eigenvalue weighted by molar-refractivity contribution is 0.0731. The normalized spacial score (nSPS) is 19.1. The molecule has 0 aromatic heterocycles. The minimum absolute atomic E-state index is 0.00528. The van der Waals surface area contributed by atoms with E-state index in [2.05, 4.69) is 34.7 Å². The molecule has 0 bridgehead atoms. The summed E-state index contributed by atoms with van der Waals surface area (Å²) in [6.07, 6.45) is 4.52. The summed E-state index contributed by atoms with van der Waals surface area (Å²) in [5.41, 5.74) is 7.33. The smallest absolute Gasteiger partial charge is 0.124 e. The predicted molar refractivity (Wildman–Crippen MR) is 85.3 cm³/mol. The second kappa shape index (κ2) is 6.54. The maximum Gasteiger partial charge on any atom is 0.124 e. The third kappa shape index (κ3) is 3.80. The minimum Gasteiger partial charge on any atom is -0.326 e. The van der Waals surface area contributed by atoms with Gasteiger partial charge in [-0.05, 0) is 70.0 Å². The molecule has 1 aliphatic heterocycles. The van der Waals surface area contributed by atoms with Crippen LogP contribution in [-0.4, -0.2) is 29.6 Å². The van der Waals surface area contributed by atoms with Crippen molar-refractivity contribution in [2.75, 3.05) is 13.1 Å². The van der Waals surface area contributed by atoms with Crippen LogP contribution in [-0.2, 0) is 6.42 Å². The SMILES string of the molecule is CC(C)(C(N)Cc1cc(F)cc(Br)c1)N1CCCCC1. The van der Waals surface area contributed by atoms with Gasteiger partial charge in [0.1, 0.15) is 5.82 Å². The van der Waals surface area contributed by atoms with Crippen molar-refractivity contribution < 1.29 is 4.39 Å². The summed E-state index contributed by atoms with van der Waals surface area (Å²) >= 11 is 3.34. The van der Waals surface area contributed by atoms with Gasteiger partial charge in [-0.15, -0.1) is 0 Å². The van der Waals surface area contributed by atoms with Crippen molar-refractivity contribution >= 4 is 15.9 Å². The van der Waals surface area contributed by atoms with Crippen molar-refractivity contribution in [2.24, 2.45) is 5.73 Å². The molecule has 1 aromatic rings.